The van der Waals surface area contributed by atoms with Gasteiger partial charge in [0, 0.05) is 38.6 Å². The zero-order chi connectivity index (χ0) is 19.5. The average molecular weight is 385 g/mol. The predicted octanol–water partition coefficient (Wildman–Crippen LogP) is 2.29. The van der Waals surface area contributed by atoms with Crippen molar-refractivity contribution in [2.24, 2.45) is 18.0 Å². The highest BCUT2D eigenvalue weighted by molar-refractivity contribution is 5.80. The maximum absolute atomic E-state index is 4.98. The van der Waals surface area contributed by atoms with E-state index in [1.807, 2.05) is 31.1 Å². The molecule has 8 heteroatoms. The third-order valence-corrected chi connectivity index (χ3v) is 6.37. The lowest BCUT2D eigenvalue weighted by atomic mass is 9.93. The highest BCUT2D eigenvalue weighted by Gasteiger charge is 2.30. The van der Waals surface area contributed by atoms with Crippen LogP contribution in [0.15, 0.2) is 23.7 Å². The summed E-state index contributed by atoms with van der Waals surface area (Å²) in [6, 6.07) is 0.954. The highest BCUT2D eigenvalue weighted by atomic mass is 15.3. The third-order valence-electron chi connectivity index (χ3n) is 6.37. The van der Waals surface area contributed by atoms with Gasteiger partial charge in [0.1, 0.15) is 12.4 Å². The molecule has 2 aromatic heterocycles. The fraction of sp³-hybridized carbons (Fsp3) is 0.700. The monoisotopic (exact) mass is 384 g/mol. The van der Waals surface area contributed by atoms with Crippen LogP contribution in [0.5, 0.6) is 0 Å². The Labute approximate surface area is 167 Å². The number of nitrogens with zero attached hydrogens (tertiary/aromatic N) is 7. The van der Waals surface area contributed by atoms with E-state index >= 15 is 0 Å². The number of aliphatic imine (C=N–C) groups is 1. The molecule has 152 valence electrons. The van der Waals surface area contributed by atoms with Gasteiger partial charge in [-0.3, -0.25) is 0 Å². The number of rotatable bonds is 4. The van der Waals surface area contributed by atoms with E-state index < -0.39 is 0 Å². The highest BCUT2D eigenvalue weighted by Crippen LogP contribution is 2.28. The largest absolute Gasteiger partial charge is 0.353 e. The van der Waals surface area contributed by atoms with Crippen molar-refractivity contribution in [3.05, 3.63) is 30.4 Å². The summed E-state index contributed by atoms with van der Waals surface area (Å²) < 4.78 is 4.26. The van der Waals surface area contributed by atoms with E-state index in [0.29, 0.717) is 24.5 Å². The molecular weight excluding hydrogens is 352 g/mol. The Morgan fingerprint density at radius 1 is 1.25 bits per heavy atom. The van der Waals surface area contributed by atoms with Gasteiger partial charge >= 0.3 is 0 Å². The number of aryl methyl sites for hydroxylation is 1. The maximum Gasteiger partial charge on any atom is 0.194 e. The molecule has 1 aliphatic carbocycles. The summed E-state index contributed by atoms with van der Waals surface area (Å²) in [7, 11) is 2.00. The van der Waals surface area contributed by atoms with Crippen molar-refractivity contribution < 1.29 is 0 Å². The molecular formula is C20H32N8. The number of likely N-dealkylation sites (tertiary alicyclic amines) is 1. The van der Waals surface area contributed by atoms with Gasteiger partial charge in [-0.1, -0.05) is 19.8 Å². The molecule has 2 aromatic rings. The summed E-state index contributed by atoms with van der Waals surface area (Å²) in [6.45, 7) is 6.84. The van der Waals surface area contributed by atoms with E-state index in [2.05, 4.69) is 43.1 Å². The molecule has 2 atom stereocenters. The second-order valence-corrected chi connectivity index (χ2v) is 8.28. The molecule has 1 saturated heterocycles. The average Bonchev–Trinajstić information content (AvgIpc) is 3.45. The third kappa shape index (κ3) is 4.05. The lowest BCUT2D eigenvalue weighted by Crippen LogP contribution is -2.51. The Hall–Kier alpha value is -2.38. The molecule has 0 bridgehead atoms. The number of guanidine groups is 1. The van der Waals surface area contributed by atoms with Crippen LogP contribution in [0.25, 0.3) is 0 Å². The van der Waals surface area contributed by atoms with Crippen molar-refractivity contribution in [1.29, 1.82) is 0 Å². The van der Waals surface area contributed by atoms with Crippen LogP contribution in [0.4, 0.5) is 0 Å². The Morgan fingerprint density at radius 2 is 2.07 bits per heavy atom. The minimum atomic E-state index is 0.420. The first-order chi connectivity index (χ1) is 13.6. The van der Waals surface area contributed by atoms with Crippen LogP contribution in [-0.4, -0.2) is 54.3 Å². The molecule has 0 aromatic carbocycles. The molecule has 1 saturated carbocycles. The van der Waals surface area contributed by atoms with Gasteiger partial charge in [0.15, 0.2) is 11.8 Å². The van der Waals surface area contributed by atoms with Gasteiger partial charge in [0.25, 0.3) is 0 Å². The molecule has 4 rings (SSSR count). The topological polar surface area (TPSA) is 76.2 Å². The number of imidazole rings is 1. The van der Waals surface area contributed by atoms with Crippen LogP contribution in [0.3, 0.4) is 0 Å². The van der Waals surface area contributed by atoms with Gasteiger partial charge in [-0.15, -0.1) is 10.2 Å². The van der Waals surface area contributed by atoms with Gasteiger partial charge in [0.05, 0.1) is 12.4 Å². The summed E-state index contributed by atoms with van der Waals surface area (Å²) in [5.41, 5.74) is 0. The smallest absolute Gasteiger partial charge is 0.194 e. The molecule has 3 heterocycles. The van der Waals surface area contributed by atoms with Crippen molar-refractivity contribution >= 4 is 5.96 Å². The standard InChI is InChI=1S/C20H32N8/c1-15-8-10-27(13-18(15)28-11-9-21-14-28)20(23-17-6-4-5-7-17)22-12-19-25-24-16(2)26(19)3/h9,11,14-15,17-18H,4-8,10,12-13H2,1-3H3,(H,22,23). The first-order valence-corrected chi connectivity index (χ1v) is 10.5. The molecule has 2 fully saturated rings. The number of hydrogen-bond acceptors (Lipinski definition) is 4. The van der Waals surface area contributed by atoms with Crippen LogP contribution in [0, 0.1) is 12.8 Å². The van der Waals surface area contributed by atoms with E-state index in [1.54, 1.807) is 0 Å². The number of hydrogen-bond donors (Lipinski definition) is 1. The van der Waals surface area contributed by atoms with E-state index in [-0.39, 0.29) is 0 Å². The minimum Gasteiger partial charge on any atom is -0.353 e. The zero-order valence-corrected chi connectivity index (χ0v) is 17.3. The lowest BCUT2D eigenvalue weighted by molar-refractivity contribution is 0.187. The van der Waals surface area contributed by atoms with Crippen molar-refractivity contribution in [2.75, 3.05) is 13.1 Å². The predicted molar refractivity (Wildman–Crippen MR) is 109 cm³/mol. The van der Waals surface area contributed by atoms with Crippen molar-refractivity contribution in [1.82, 2.24) is 34.5 Å². The van der Waals surface area contributed by atoms with Gasteiger partial charge in [-0.25, -0.2) is 9.98 Å². The Morgan fingerprint density at radius 3 is 2.75 bits per heavy atom. The first kappa shape index (κ1) is 19.0. The molecule has 0 radical (unpaired) electrons. The number of nitrogens with one attached hydrogen (secondary N) is 1. The molecule has 1 N–H and O–H groups in total. The molecule has 2 aliphatic rings. The number of piperidine rings is 1. The fourth-order valence-electron chi connectivity index (χ4n) is 4.32. The van der Waals surface area contributed by atoms with Crippen LogP contribution in [-0.2, 0) is 13.6 Å². The van der Waals surface area contributed by atoms with Crippen LogP contribution >= 0.6 is 0 Å². The molecule has 1 aliphatic heterocycles. The summed E-state index contributed by atoms with van der Waals surface area (Å²) in [4.78, 5) is 11.7. The summed E-state index contributed by atoms with van der Waals surface area (Å²) in [6.07, 6.45) is 12.1. The van der Waals surface area contributed by atoms with E-state index in [9.17, 15) is 0 Å². The van der Waals surface area contributed by atoms with Gasteiger partial charge in [-0.2, -0.15) is 0 Å². The zero-order valence-electron chi connectivity index (χ0n) is 17.3. The summed E-state index contributed by atoms with van der Waals surface area (Å²) in [5.74, 6) is 3.46. The van der Waals surface area contributed by atoms with Crippen molar-refractivity contribution in [3.8, 4) is 0 Å². The van der Waals surface area contributed by atoms with Crippen LogP contribution in [0.1, 0.15) is 56.7 Å². The Bertz CT molecular complexity index is 787. The number of aromatic nitrogens is 5. The van der Waals surface area contributed by atoms with Crippen LogP contribution in [0.2, 0.25) is 0 Å². The Balaban J connectivity index is 1.53. The van der Waals surface area contributed by atoms with Gasteiger partial charge in [-0.05, 0) is 32.1 Å². The van der Waals surface area contributed by atoms with E-state index in [1.165, 1.54) is 25.7 Å². The van der Waals surface area contributed by atoms with E-state index in [0.717, 1.165) is 37.1 Å². The van der Waals surface area contributed by atoms with E-state index in [4.69, 9.17) is 4.99 Å². The second kappa shape index (κ2) is 8.32. The molecule has 2 unspecified atom stereocenters. The SMILES string of the molecule is Cc1nnc(CN=C(NC2CCCC2)N2CCC(C)C(n3ccnc3)C2)n1C. The van der Waals surface area contributed by atoms with Gasteiger partial charge in [0.2, 0.25) is 0 Å². The normalized spacial score (nSPS) is 24.1. The first-order valence-electron chi connectivity index (χ1n) is 10.5. The summed E-state index contributed by atoms with van der Waals surface area (Å²) >= 11 is 0. The molecule has 0 amide bonds. The minimum absolute atomic E-state index is 0.420. The lowest BCUT2D eigenvalue weighted by Gasteiger charge is -2.40. The van der Waals surface area contributed by atoms with Crippen molar-refractivity contribution in [3.63, 3.8) is 0 Å². The maximum atomic E-state index is 4.98. The quantitative estimate of drug-likeness (QED) is 0.647. The second-order valence-electron chi connectivity index (χ2n) is 8.28. The molecule has 28 heavy (non-hydrogen) atoms. The fourth-order valence-corrected chi connectivity index (χ4v) is 4.32. The molecule has 0 spiro atoms. The van der Waals surface area contributed by atoms with Gasteiger partial charge < -0.3 is 19.4 Å². The van der Waals surface area contributed by atoms with Crippen molar-refractivity contribution in [2.45, 2.75) is 64.6 Å². The van der Waals surface area contributed by atoms with Crippen LogP contribution < -0.4 is 5.32 Å². The molecule has 8 nitrogen and oxygen atoms in total. The summed E-state index contributed by atoms with van der Waals surface area (Å²) in [5, 5.41) is 12.2. The Kier molecular flexibility index (Phi) is 5.64.